The largest absolute Gasteiger partial charge is 0.457 e. The van der Waals surface area contributed by atoms with Gasteiger partial charge < -0.3 is 14.1 Å². The second-order valence-corrected chi connectivity index (χ2v) is 9.93. The lowest BCUT2D eigenvalue weighted by molar-refractivity contribution is -0.128. The van der Waals surface area contributed by atoms with E-state index in [4.69, 9.17) is 32.4 Å². The van der Waals surface area contributed by atoms with Crippen molar-refractivity contribution in [2.45, 2.75) is 0 Å². The molecule has 0 N–H and O–H groups in total. The zero-order valence-electron chi connectivity index (χ0n) is 19.3. The molecule has 0 spiro atoms. The van der Waals surface area contributed by atoms with Gasteiger partial charge in [0.05, 0.1) is 39.0 Å². The van der Waals surface area contributed by atoms with Gasteiger partial charge in [-0.1, -0.05) is 47.5 Å². The van der Waals surface area contributed by atoms with Crippen LogP contribution < -0.4 is 14.8 Å². The highest BCUT2D eigenvalue weighted by atomic mass is 35.5. The summed E-state index contributed by atoms with van der Waals surface area (Å²) in [5.74, 6) is 0.417. The number of nitrogens with zero attached hydrogens (tertiary/aromatic N) is 3. The van der Waals surface area contributed by atoms with Crippen LogP contribution in [0.1, 0.15) is 5.76 Å². The van der Waals surface area contributed by atoms with Gasteiger partial charge in [-0.15, -0.1) is 11.3 Å². The van der Waals surface area contributed by atoms with E-state index in [1.54, 1.807) is 65.6 Å². The Hall–Kier alpha value is -3.61. The lowest BCUT2D eigenvalue weighted by Gasteiger charge is -2.26. The van der Waals surface area contributed by atoms with E-state index in [0.29, 0.717) is 63.7 Å². The van der Waals surface area contributed by atoms with Gasteiger partial charge in [-0.3, -0.25) is 14.2 Å². The van der Waals surface area contributed by atoms with Crippen LogP contribution in [0.5, 0.6) is 0 Å². The molecule has 0 unspecified atom stereocenters. The molecule has 1 aliphatic heterocycles. The van der Waals surface area contributed by atoms with E-state index in [-0.39, 0.29) is 15.8 Å². The average Bonchev–Trinajstić information content (AvgIpc) is 3.50. The van der Waals surface area contributed by atoms with Gasteiger partial charge in [0.15, 0.2) is 5.57 Å². The monoisotopic (exact) mass is 551 g/mol. The van der Waals surface area contributed by atoms with E-state index in [1.807, 2.05) is 12.1 Å². The Morgan fingerprint density at radius 3 is 2.38 bits per heavy atom. The topological polar surface area (TPSA) is 88.5 Å². The Kier molecular flexibility index (Phi) is 7.31. The summed E-state index contributed by atoms with van der Waals surface area (Å²) in [6.45, 7) is 1.55. The van der Waals surface area contributed by atoms with E-state index in [0.717, 1.165) is 11.3 Å². The minimum Gasteiger partial charge on any atom is -0.457 e. The first-order valence-corrected chi connectivity index (χ1v) is 12.9. The number of hydrogen-bond donors (Lipinski definition) is 0. The summed E-state index contributed by atoms with van der Waals surface area (Å²) in [5.41, 5.74) is 0.622. The van der Waals surface area contributed by atoms with Crippen molar-refractivity contribution < 1.29 is 13.9 Å². The molecule has 0 atom stereocenters. The van der Waals surface area contributed by atoms with Crippen LogP contribution in [0.15, 0.2) is 69.9 Å². The first-order valence-electron chi connectivity index (χ1n) is 11.3. The number of thiazole rings is 1. The highest BCUT2D eigenvalue weighted by molar-refractivity contribution is 7.07. The zero-order valence-corrected chi connectivity index (χ0v) is 21.6. The number of halogens is 2. The summed E-state index contributed by atoms with van der Waals surface area (Å²) in [6.07, 6.45) is 1.58. The van der Waals surface area contributed by atoms with E-state index in [1.165, 1.54) is 4.57 Å². The Bertz CT molecular complexity index is 1670. The number of para-hydroxylation sites is 1. The van der Waals surface area contributed by atoms with Gasteiger partial charge >= 0.3 is 0 Å². The Labute approximate surface area is 225 Å². The summed E-state index contributed by atoms with van der Waals surface area (Å²) in [7, 11) is 0. The van der Waals surface area contributed by atoms with E-state index < -0.39 is 5.91 Å². The molecule has 3 heterocycles. The Morgan fingerprint density at radius 2 is 1.70 bits per heavy atom. The highest BCUT2D eigenvalue weighted by Crippen LogP contribution is 2.35. The van der Waals surface area contributed by atoms with Crippen LogP contribution >= 0.6 is 34.5 Å². The molecular weight excluding hydrogens is 533 g/mol. The fourth-order valence-electron chi connectivity index (χ4n) is 4.00. The number of aromatic nitrogens is 1. The van der Waals surface area contributed by atoms with Gasteiger partial charge in [0.25, 0.3) is 11.5 Å². The van der Waals surface area contributed by atoms with Gasteiger partial charge in [-0.2, -0.15) is 5.26 Å². The van der Waals surface area contributed by atoms with Crippen LogP contribution in [0.4, 0.5) is 0 Å². The van der Waals surface area contributed by atoms with Crippen LogP contribution in [-0.4, -0.2) is 41.7 Å². The minimum atomic E-state index is -0.433. The molecule has 37 heavy (non-hydrogen) atoms. The maximum absolute atomic E-state index is 13.6. The SMILES string of the molecule is N#CC(C(=O)N1CCOCC1)=c1sc(=Cc2ccc(-c3c(Cl)cccc3Cl)o2)c(=O)n1-c1ccccc1. The van der Waals surface area contributed by atoms with Gasteiger partial charge in [-0.05, 0) is 36.4 Å². The van der Waals surface area contributed by atoms with Crippen molar-refractivity contribution in [2.24, 2.45) is 0 Å². The third kappa shape index (κ3) is 4.99. The quantitative estimate of drug-likeness (QED) is 0.384. The van der Waals surface area contributed by atoms with Crippen molar-refractivity contribution in [3.05, 3.63) is 96.0 Å². The molecule has 0 bridgehead atoms. The molecule has 4 aromatic rings. The number of benzene rings is 2. The summed E-state index contributed by atoms with van der Waals surface area (Å²) < 4.78 is 13.2. The van der Waals surface area contributed by atoms with Crippen LogP contribution in [0.2, 0.25) is 10.0 Å². The van der Waals surface area contributed by atoms with Gasteiger partial charge in [0.1, 0.15) is 22.3 Å². The van der Waals surface area contributed by atoms with Crippen LogP contribution in [0.25, 0.3) is 28.7 Å². The molecule has 5 rings (SSSR count). The predicted octanol–water partition coefficient (Wildman–Crippen LogP) is 3.83. The number of amides is 1. The molecule has 7 nitrogen and oxygen atoms in total. The molecule has 1 fully saturated rings. The molecule has 2 aromatic carbocycles. The zero-order chi connectivity index (χ0) is 25.9. The molecule has 0 saturated carbocycles. The smallest absolute Gasteiger partial charge is 0.273 e. The van der Waals surface area contributed by atoms with Gasteiger partial charge in [0, 0.05) is 19.2 Å². The third-order valence-electron chi connectivity index (χ3n) is 5.79. The number of ether oxygens (including phenoxy) is 1. The number of carbonyl (C=O) groups is 1. The molecular formula is C27H19Cl2N3O4S. The third-order valence-corrected chi connectivity index (χ3v) is 7.51. The molecule has 10 heteroatoms. The van der Waals surface area contributed by atoms with Crippen LogP contribution in [0, 0.1) is 11.3 Å². The molecule has 186 valence electrons. The second-order valence-electron chi connectivity index (χ2n) is 8.08. The summed E-state index contributed by atoms with van der Waals surface area (Å²) in [6, 6.07) is 19.5. The van der Waals surface area contributed by atoms with Crippen LogP contribution in [0.3, 0.4) is 0 Å². The standard InChI is InChI=1S/C27H19Cl2N3O4S/c28-20-7-4-8-21(29)24(20)22-10-9-18(36-22)15-23-26(34)32(17-5-2-1-3-6-17)27(37-23)19(16-30)25(33)31-11-13-35-14-12-31/h1-10,15H,11-14H2. The Balaban J connectivity index is 1.69. The summed E-state index contributed by atoms with van der Waals surface area (Å²) >= 11 is 13.7. The van der Waals surface area contributed by atoms with Crippen LogP contribution in [-0.2, 0) is 9.53 Å². The number of rotatable bonds is 4. The number of nitriles is 1. The van der Waals surface area contributed by atoms with Crippen molar-refractivity contribution >= 4 is 52.1 Å². The first-order chi connectivity index (χ1) is 18.0. The van der Waals surface area contributed by atoms with E-state index in [2.05, 4.69) is 0 Å². The molecule has 0 aliphatic carbocycles. The number of morpholine rings is 1. The van der Waals surface area contributed by atoms with Crippen molar-refractivity contribution in [3.63, 3.8) is 0 Å². The van der Waals surface area contributed by atoms with E-state index in [9.17, 15) is 14.9 Å². The number of carbonyl (C=O) groups excluding carboxylic acids is 1. The van der Waals surface area contributed by atoms with Crippen molar-refractivity contribution in [1.82, 2.24) is 9.47 Å². The number of furan rings is 1. The fourth-order valence-corrected chi connectivity index (χ4v) is 5.66. The van der Waals surface area contributed by atoms with Gasteiger partial charge in [0.2, 0.25) is 0 Å². The maximum atomic E-state index is 13.6. The van der Waals surface area contributed by atoms with E-state index >= 15 is 0 Å². The average molecular weight is 552 g/mol. The summed E-state index contributed by atoms with van der Waals surface area (Å²) in [4.78, 5) is 28.4. The van der Waals surface area contributed by atoms with Crippen molar-refractivity contribution in [3.8, 4) is 23.1 Å². The normalized spacial score (nSPS) is 14.9. The summed E-state index contributed by atoms with van der Waals surface area (Å²) in [5, 5.41) is 10.9. The van der Waals surface area contributed by atoms with Crippen molar-refractivity contribution in [1.29, 1.82) is 5.26 Å². The lowest BCUT2D eigenvalue weighted by Crippen LogP contribution is -2.42. The van der Waals surface area contributed by atoms with Gasteiger partial charge in [-0.25, -0.2) is 0 Å². The number of hydrogen-bond acceptors (Lipinski definition) is 6. The molecule has 1 amide bonds. The molecule has 0 radical (unpaired) electrons. The second kappa shape index (κ2) is 10.8. The highest BCUT2D eigenvalue weighted by Gasteiger charge is 2.24. The first kappa shape index (κ1) is 25.1. The van der Waals surface area contributed by atoms with Crippen molar-refractivity contribution in [2.75, 3.05) is 26.3 Å². The molecule has 2 aromatic heterocycles. The fraction of sp³-hybridized carbons (Fsp3) is 0.148. The predicted molar refractivity (Wildman–Crippen MR) is 143 cm³/mol. The lowest BCUT2D eigenvalue weighted by atomic mass is 10.2. The Morgan fingerprint density at radius 1 is 1.00 bits per heavy atom. The molecule has 1 saturated heterocycles. The molecule has 1 aliphatic rings. The minimum absolute atomic E-state index is 0.101. The maximum Gasteiger partial charge on any atom is 0.273 e.